The van der Waals surface area contributed by atoms with Gasteiger partial charge < -0.3 is 15.7 Å². The Morgan fingerprint density at radius 2 is 1.84 bits per heavy atom. The van der Waals surface area contributed by atoms with Gasteiger partial charge >= 0.3 is 0 Å². The molecule has 0 heterocycles. The van der Waals surface area contributed by atoms with Crippen molar-refractivity contribution in [3.8, 4) is 0 Å². The molecule has 0 spiro atoms. The molecule has 19 heavy (non-hydrogen) atoms. The number of benzene rings is 1. The van der Waals surface area contributed by atoms with Crippen molar-refractivity contribution in [3.05, 3.63) is 35.4 Å². The van der Waals surface area contributed by atoms with Gasteiger partial charge in [-0.05, 0) is 12.1 Å². The molecule has 1 aromatic rings. The third kappa shape index (κ3) is 4.63. The molecule has 1 aromatic carbocycles. The second kappa shape index (κ2) is 6.79. The van der Waals surface area contributed by atoms with Crippen molar-refractivity contribution in [2.24, 2.45) is 0 Å². The first-order valence-electron chi connectivity index (χ1n) is 5.55. The molecule has 0 aromatic heterocycles. The number of nitrogens with one attached hydrogen (secondary N) is 2. The first kappa shape index (κ1) is 15.0. The van der Waals surface area contributed by atoms with E-state index in [2.05, 4.69) is 10.6 Å². The van der Waals surface area contributed by atoms with Gasteiger partial charge in [-0.3, -0.25) is 9.59 Å². The summed E-state index contributed by atoms with van der Waals surface area (Å²) in [5, 5.41) is 14.1. The van der Waals surface area contributed by atoms with Crippen molar-refractivity contribution >= 4 is 11.8 Å². The van der Waals surface area contributed by atoms with Crippen LogP contribution in [0.3, 0.4) is 0 Å². The van der Waals surface area contributed by atoms with Crippen LogP contribution in [0.2, 0.25) is 0 Å². The van der Waals surface area contributed by atoms with Crippen LogP contribution in [0.1, 0.15) is 18.6 Å². The number of aliphatic hydroxyl groups excluding tert-OH is 1. The van der Waals surface area contributed by atoms with Crippen LogP contribution in [-0.2, 0) is 9.59 Å². The van der Waals surface area contributed by atoms with Gasteiger partial charge in [0.15, 0.2) is 0 Å². The molecule has 5 nitrogen and oxygen atoms in total. The molecule has 1 unspecified atom stereocenters. The third-order valence-corrected chi connectivity index (χ3v) is 2.32. The number of hydrogen-bond donors (Lipinski definition) is 3. The van der Waals surface area contributed by atoms with E-state index in [-0.39, 0.29) is 19.0 Å². The summed E-state index contributed by atoms with van der Waals surface area (Å²) in [7, 11) is 0. The molecule has 0 aliphatic heterocycles. The fourth-order valence-corrected chi connectivity index (χ4v) is 1.41. The number of amides is 2. The molecule has 0 bridgehead atoms. The van der Waals surface area contributed by atoms with Crippen molar-refractivity contribution in [1.29, 1.82) is 0 Å². The minimum absolute atomic E-state index is 0.262. The average Bonchev–Trinajstić information content (AvgIpc) is 2.33. The zero-order valence-corrected chi connectivity index (χ0v) is 10.2. The topological polar surface area (TPSA) is 78.4 Å². The van der Waals surface area contributed by atoms with Gasteiger partial charge in [0.05, 0.1) is 12.1 Å². The van der Waals surface area contributed by atoms with E-state index in [9.17, 15) is 23.5 Å². The van der Waals surface area contributed by atoms with Gasteiger partial charge in [0.1, 0.15) is 17.7 Å². The normalized spacial score (nSPS) is 11.8. The number of rotatable bonds is 5. The molecule has 1 rings (SSSR count). The summed E-state index contributed by atoms with van der Waals surface area (Å²) >= 11 is 0. The van der Waals surface area contributed by atoms with E-state index in [1.807, 2.05) is 0 Å². The van der Waals surface area contributed by atoms with Gasteiger partial charge in [-0.2, -0.15) is 0 Å². The van der Waals surface area contributed by atoms with Crippen LogP contribution >= 0.6 is 0 Å². The number of carbonyl (C=O) groups excluding carboxylic acids is 2. The maximum Gasteiger partial charge on any atom is 0.239 e. The lowest BCUT2D eigenvalue weighted by Crippen LogP contribution is -2.37. The largest absolute Gasteiger partial charge is 0.386 e. The summed E-state index contributed by atoms with van der Waals surface area (Å²) in [5.74, 6) is -2.71. The third-order valence-electron chi connectivity index (χ3n) is 2.32. The minimum Gasteiger partial charge on any atom is -0.386 e. The van der Waals surface area contributed by atoms with Crippen LogP contribution in [0.4, 0.5) is 8.78 Å². The van der Waals surface area contributed by atoms with Crippen LogP contribution in [-0.4, -0.2) is 30.0 Å². The Balaban J connectivity index is 2.54. The van der Waals surface area contributed by atoms with E-state index in [1.54, 1.807) is 0 Å². The van der Waals surface area contributed by atoms with Gasteiger partial charge in [0, 0.05) is 13.5 Å². The van der Waals surface area contributed by atoms with E-state index in [1.165, 1.54) is 13.0 Å². The first-order valence-corrected chi connectivity index (χ1v) is 5.55. The lowest BCUT2D eigenvalue weighted by molar-refractivity contribution is -0.125. The molecular formula is C12H14F2N2O3. The number of carbonyl (C=O) groups is 2. The molecule has 0 radical (unpaired) electrons. The lowest BCUT2D eigenvalue weighted by atomic mass is 10.1. The summed E-state index contributed by atoms with van der Waals surface area (Å²) in [6.45, 7) is 0.634. The van der Waals surface area contributed by atoms with E-state index in [0.29, 0.717) is 0 Å². The Labute approximate surface area is 108 Å². The van der Waals surface area contributed by atoms with Crippen LogP contribution in [0.15, 0.2) is 18.2 Å². The smallest absolute Gasteiger partial charge is 0.239 e. The highest BCUT2D eigenvalue weighted by molar-refractivity contribution is 5.83. The zero-order chi connectivity index (χ0) is 14.4. The average molecular weight is 272 g/mol. The van der Waals surface area contributed by atoms with E-state index < -0.39 is 29.2 Å². The lowest BCUT2D eigenvalue weighted by Gasteiger charge is -2.13. The van der Waals surface area contributed by atoms with E-state index in [4.69, 9.17) is 0 Å². The Hall–Kier alpha value is -2.02. The van der Waals surface area contributed by atoms with Crippen molar-refractivity contribution in [3.63, 3.8) is 0 Å². The Bertz CT molecular complexity index is 460. The molecular weight excluding hydrogens is 258 g/mol. The standard InChI is InChI=1S/C12H14F2N2O3/c1-7(17)15-6-11(19)16-5-10(18)12-8(13)3-2-4-9(12)14/h2-4,10,18H,5-6H2,1H3,(H,15,17)(H,16,19). The quantitative estimate of drug-likeness (QED) is 0.719. The van der Waals surface area contributed by atoms with Crippen LogP contribution < -0.4 is 10.6 Å². The van der Waals surface area contributed by atoms with Crippen molar-refractivity contribution in [2.45, 2.75) is 13.0 Å². The van der Waals surface area contributed by atoms with Crippen LogP contribution in [0.5, 0.6) is 0 Å². The van der Waals surface area contributed by atoms with Gasteiger partial charge in [-0.15, -0.1) is 0 Å². The molecule has 2 amide bonds. The minimum atomic E-state index is -1.50. The van der Waals surface area contributed by atoms with Crippen LogP contribution in [0.25, 0.3) is 0 Å². The summed E-state index contributed by atoms with van der Waals surface area (Å²) in [5.41, 5.74) is -0.498. The Morgan fingerprint density at radius 3 is 2.37 bits per heavy atom. The summed E-state index contributed by atoms with van der Waals surface area (Å²) in [6, 6.07) is 3.21. The molecule has 3 N–H and O–H groups in total. The predicted octanol–water partition coefficient (Wildman–Crippen LogP) is 0.251. The van der Waals surface area contributed by atoms with Crippen molar-refractivity contribution in [2.75, 3.05) is 13.1 Å². The highest BCUT2D eigenvalue weighted by atomic mass is 19.1. The van der Waals surface area contributed by atoms with Gasteiger partial charge in [0.25, 0.3) is 0 Å². The number of aliphatic hydroxyl groups is 1. The number of halogens is 2. The number of hydrogen-bond acceptors (Lipinski definition) is 3. The highest BCUT2D eigenvalue weighted by Gasteiger charge is 2.18. The Morgan fingerprint density at radius 1 is 1.26 bits per heavy atom. The monoisotopic (exact) mass is 272 g/mol. The first-order chi connectivity index (χ1) is 8.91. The van der Waals surface area contributed by atoms with Gasteiger partial charge in [-0.25, -0.2) is 8.78 Å². The predicted molar refractivity (Wildman–Crippen MR) is 63.0 cm³/mol. The molecule has 0 aliphatic rings. The maximum atomic E-state index is 13.3. The molecule has 0 saturated heterocycles. The second-order valence-electron chi connectivity index (χ2n) is 3.86. The highest BCUT2D eigenvalue weighted by Crippen LogP contribution is 2.19. The van der Waals surface area contributed by atoms with Crippen molar-refractivity contribution in [1.82, 2.24) is 10.6 Å². The summed E-state index contributed by atoms with van der Waals surface area (Å²) in [4.78, 5) is 21.8. The molecule has 1 atom stereocenters. The van der Waals surface area contributed by atoms with Gasteiger partial charge in [-0.1, -0.05) is 6.07 Å². The molecule has 7 heteroatoms. The van der Waals surface area contributed by atoms with E-state index in [0.717, 1.165) is 12.1 Å². The molecule has 104 valence electrons. The molecule has 0 fully saturated rings. The second-order valence-corrected chi connectivity index (χ2v) is 3.86. The fraction of sp³-hybridized carbons (Fsp3) is 0.333. The van der Waals surface area contributed by atoms with E-state index >= 15 is 0 Å². The van der Waals surface area contributed by atoms with Gasteiger partial charge in [0.2, 0.25) is 11.8 Å². The summed E-state index contributed by atoms with van der Waals surface area (Å²) < 4.78 is 26.6. The Kier molecular flexibility index (Phi) is 5.37. The molecule has 0 aliphatic carbocycles. The fourth-order valence-electron chi connectivity index (χ4n) is 1.41. The summed E-state index contributed by atoms with van der Waals surface area (Å²) in [6.07, 6.45) is -1.50. The van der Waals surface area contributed by atoms with Crippen LogP contribution in [0, 0.1) is 11.6 Å². The molecule has 0 saturated carbocycles. The van der Waals surface area contributed by atoms with Crippen molar-refractivity contribution < 1.29 is 23.5 Å². The zero-order valence-electron chi connectivity index (χ0n) is 10.2. The SMILES string of the molecule is CC(=O)NCC(=O)NCC(O)c1c(F)cccc1F. The maximum absolute atomic E-state index is 13.3.